The summed E-state index contributed by atoms with van der Waals surface area (Å²) in [6, 6.07) is 0. The molecule has 3 heterocycles. The van der Waals surface area contributed by atoms with Gasteiger partial charge in [-0.25, -0.2) is 4.98 Å². The molecule has 0 unspecified atom stereocenters. The Balaban J connectivity index is 1.39. The maximum Gasteiger partial charge on any atom is 0.0949 e. The average Bonchev–Trinajstić information content (AvgIpc) is 3.19. The summed E-state index contributed by atoms with van der Waals surface area (Å²) in [5.41, 5.74) is 2.41. The number of fused-ring (bicyclic) bond motifs is 1. The lowest BCUT2D eigenvalue weighted by Crippen LogP contribution is -2.02. The van der Waals surface area contributed by atoms with Crippen LogP contribution in [-0.4, -0.2) is 33.2 Å². The summed E-state index contributed by atoms with van der Waals surface area (Å²) in [4.78, 5) is 6.23. The first-order valence-electron chi connectivity index (χ1n) is 7.34. The summed E-state index contributed by atoms with van der Waals surface area (Å²) in [6.45, 7) is 2.51. The third-order valence-corrected chi connectivity index (χ3v) is 5.32. The highest BCUT2D eigenvalue weighted by Crippen LogP contribution is 2.28. The zero-order chi connectivity index (χ0) is 13.4. The first-order chi connectivity index (χ1) is 9.88. The molecule has 106 valence electrons. The molecule has 1 aliphatic carbocycles. The Morgan fingerprint density at radius 3 is 3.25 bits per heavy atom. The van der Waals surface area contributed by atoms with Crippen LogP contribution in [0.3, 0.4) is 0 Å². The molecule has 0 N–H and O–H groups in total. The van der Waals surface area contributed by atoms with Gasteiger partial charge in [-0.1, -0.05) is 5.21 Å². The van der Waals surface area contributed by atoms with Crippen molar-refractivity contribution in [3.8, 4) is 0 Å². The van der Waals surface area contributed by atoms with Gasteiger partial charge in [0.25, 0.3) is 0 Å². The number of thiazole rings is 1. The molecule has 1 atom stereocenters. The van der Waals surface area contributed by atoms with Crippen LogP contribution in [0.4, 0.5) is 0 Å². The molecule has 0 bridgehead atoms. The molecule has 2 aliphatic rings. The van der Waals surface area contributed by atoms with Gasteiger partial charge in [-0.3, -0.25) is 4.68 Å². The average molecular weight is 290 g/mol. The number of aromatic nitrogens is 4. The van der Waals surface area contributed by atoms with Crippen LogP contribution in [0, 0.1) is 0 Å². The minimum absolute atomic E-state index is 0.437. The monoisotopic (exact) mass is 290 g/mol. The second-order valence-electron chi connectivity index (χ2n) is 5.55. The van der Waals surface area contributed by atoms with E-state index in [0.29, 0.717) is 5.92 Å². The zero-order valence-corrected chi connectivity index (χ0v) is 12.2. The molecular weight excluding hydrogens is 272 g/mol. The van der Waals surface area contributed by atoms with E-state index >= 15 is 0 Å². The summed E-state index contributed by atoms with van der Waals surface area (Å²) in [5.74, 6) is 0.437. The fraction of sp³-hybridized carbons (Fsp3) is 0.643. The predicted octanol–water partition coefficient (Wildman–Crippen LogP) is 1.97. The van der Waals surface area contributed by atoms with Crippen LogP contribution in [0.1, 0.15) is 40.0 Å². The quantitative estimate of drug-likeness (QED) is 0.864. The van der Waals surface area contributed by atoms with E-state index in [2.05, 4.69) is 16.5 Å². The molecule has 2 aromatic heterocycles. The van der Waals surface area contributed by atoms with Gasteiger partial charge >= 0.3 is 0 Å². The van der Waals surface area contributed by atoms with Crippen molar-refractivity contribution in [3.05, 3.63) is 27.5 Å². The minimum atomic E-state index is 0.437. The molecule has 1 aliphatic heterocycles. The Labute approximate surface area is 122 Å². The highest BCUT2D eigenvalue weighted by Gasteiger charge is 2.21. The van der Waals surface area contributed by atoms with Crippen LogP contribution in [0.2, 0.25) is 0 Å². The highest BCUT2D eigenvalue weighted by molar-refractivity contribution is 7.11. The topological polar surface area (TPSA) is 52.8 Å². The number of ether oxygens (including phenoxy) is 1. The lowest BCUT2D eigenvalue weighted by Gasteiger charge is -2.00. The Bertz CT molecular complexity index is 579. The molecule has 4 rings (SSSR count). The van der Waals surface area contributed by atoms with Crippen LogP contribution >= 0.6 is 11.3 Å². The molecule has 1 saturated heterocycles. The Morgan fingerprint density at radius 1 is 1.40 bits per heavy atom. The van der Waals surface area contributed by atoms with E-state index < -0.39 is 0 Å². The Morgan fingerprint density at radius 2 is 2.40 bits per heavy atom. The van der Waals surface area contributed by atoms with Gasteiger partial charge in [-0.05, 0) is 25.7 Å². The third-order valence-electron chi connectivity index (χ3n) is 4.10. The van der Waals surface area contributed by atoms with Crippen molar-refractivity contribution < 1.29 is 4.74 Å². The molecule has 0 radical (unpaired) electrons. The number of hydrogen-bond donors (Lipinski definition) is 0. The van der Waals surface area contributed by atoms with Gasteiger partial charge in [0.05, 0.1) is 23.0 Å². The van der Waals surface area contributed by atoms with Crippen molar-refractivity contribution in [1.29, 1.82) is 0 Å². The first-order valence-corrected chi connectivity index (χ1v) is 8.15. The van der Waals surface area contributed by atoms with E-state index in [1.165, 1.54) is 34.8 Å². The number of rotatable bonds is 4. The predicted molar refractivity (Wildman–Crippen MR) is 76.0 cm³/mol. The Hall–Kier alpha value is -1.27. The van der Waals surface area contributed by atoms with E-state index in [1.807, 2.05) is 16.0 Å². The van der Waals surface area contributed by atoms with Gasteiger partial charge in [0.1, 0.15) is 0 Å². The van der Waals surface area contributed by atoms with Crippen LogP contribution in [0.5, 0.6) is 0 Å². The van der Waals surface area contributed by atoms with Crippen molar-refractivity contribution in [2.45, 2.75) is 44.6 Å². The van der Waals surface area contributed by atoms with E-state index in [-0.39, 0.29) is 0 Å². The smallest absolute Gasteiger partial charge is 0.0949 e. The minimum Gasteiger partial charge on any atom is -0.381 e. The summed E-state index contributed by atoms with van der Waals surface area (Å²) >= 11 is 1.88. The maximum atomic E-state index is 5.40. The molecule has 6 heteroatoms. The van der Waals surface area contributed by atoms with Gasteiger partial charge in [-0.15, -0.1) is 16.4 Å². The maximum absolute atomic E-state index is 5.40. The summed E-state index contributed by atoms with van der Waals surface area (Å²) in [7, 11) is 0. The van der Waals surface area contributed by atoms with Crippen molar-refractivity contribution in [3.63, 3.8) is 0 Å². The fourth-order valence-corrected chi connectivity index (χ4v) is 4.08. The van der Waals surface area contributed by atoms with Crippen molar-refractivity contribution in [2.24, 2.45) is 0 Å². The van der Waals surface area contributed by atoms with E-state index in [1.54, 1.807) is 0 Å². The summed E-state index contributed by atoms with van der Waals surface area (Å²) < 4.78 is 7.34. The number of nitrogens with zero attached hydrogens (tertiary/aromatic N) is 4. The first kappa shape index (κ1) is 12.5. The number of aryl methyl sites for hydroxylation is 4. The largest absolute Gasteiger partial charge is 0.381 e. The molecular formula is C14H18N4OS. The summed E-state index contributed by atoms with van der Waals surface area (Å²) in [6.07, 6.45) is 7.77. The van der Waals surface area contributed by atoms with Crippen molar-refractivity contribution in [1.82, 2.24) is 20.0 Å². The lowest BCUT2D eigenvalue weighted by atomic mass is 10.1. The molecule has 2 aromatic rings. The van der Waals surface area contributed by atoms with Gasteiger partial charge in [0.2, 0.25) is 0 Å². The molecule has 0 saturated carbocycles. The van der Waals surface area contributed by atoms with Crippen LogP contribution < -0.4 is 0 Å². The van der Waals surface area contributed by atoms with E-state index in [9.17, 15) is 0 Å². The molecule has 0 aromatic carbocycles. The standard InChI is InChI=1S/C14H18N4OS/c1-2-11-13(3-1)20-14(15-11)4-6-18-8-12(16-17-18)10-5-7-19-9-10/h8,10H,1-7,9H2/t10-/m0/s1. The SMILES string of the molecule is c1c([C@H]2CCOC2)nnn1CCc1nc2c(s1)CCC2. The highest BCUT2D eigenvalue weighted by atomic mass is 32.1. The van der Waals surface area contributed by atoms with E-state index in [4.69, 9.17) is 9.72 Å². The second kappa shape index (κ2) is 5.26. The van der Waals surface area contributed by atoms with Crippen molar-refractivity contribution >= 4 is 11.3 Å². The molecule has 0 spiro atoms. The second-order valence-corrected chi connectivity index (χ2v) is 6.72. The number of hydrogen-bond acceptors (Lipinski definition) is 5. The fourth-order valence-electron chi connectivity index (χ4n) is 2.94. The van der Waals surface area contributed by atoms with Crippen molar-refractivity contribution in [2.75, 3.05) is 13.2 Å². The van der Waals surface area contributed by atoms with Gasteiger partial charge in [-0.2, -0.15) is 0 Å². The zero-order valence-electron chi connectivity index (χ0n) is 11.4. The molecule has 5 nitrogen and oxygen atoms in total. The summed E-state index contributed by atoms with van der Waals surface area (Å²) in [5, 5.41) is 9.75. The lowest BCUT2D eigenvalue weighted by molar-refractivity contribution is 0.193. The van der Waals surface area contributed by atoms with E-state index in [0.717, 1.165) is 38.3 Å². The molecule has 1 fully saturated rings. The van der Waals surface area contributed by atoms with Gasteiger partial charge in [0, 0.05) is 36.6 Å². The van der Waals surface area contributed by atoms with Gasteiger partial charge < -0.3 is 4.74 Å². The Kier molecular flexibility index (Phi) is 3.28. The normalized spacial score (nSPS) is 21.5. The molecule has 0 amide bonds. The van der Waals surface area contributed by atoms with Crippen LogP contribution in [0.15, 0.2) is 6.20 Å². The third kappa shape index (κ3) is 2.38. The molecule has 20 heavy (non-hydrogen) atoms. The van der Waals surface area contributed by atoms with Crippen LogP contribution in [0.25, 0.3) is 0 Å². The van der Waals surface area contributed by atoms with Gasteiger partial charge in [0.15, 0.2) is 0 Å². The van der Waals surface area contributed by atoms with Crippen LogP contribution in [-0.2, 0) is 30.5 Å².